The van der Waals surface area contributed by atoms with Crippen LogP contribution in [0.5, 0.6) is 5.75 Å². The minimum absolute atomic E-state index is 0.0300. The van der Waals surface area contributed by atoms with Gasteiger partial charge < -0.3 is 25.6 Å². The minimum Gasteiger partial charge on any atom is -0.491 e. The third-order valence-electron chi connectivity index (χ3n) is 4.94. The van der Waals surface area contributed by atoms with Crippen molar-refractivity contribution in [1.82, 2.24) is 15.3 Å². The predicted octanol–water partition coefficient (Wildman–Crippen LogP) is 3.97. The molecule has 0 saturated carbocycles. The number of alkyl halides is 3. The highest BCUT2D eigenvalue weighted by molar-refractivity contribution is 7.12. The van der Waals surface area contributed by atoms with Gasteiger partial charge in [-0.1, -0.05) is 6.07 Å². The van der Waals surface area contributed by atoms with Gasteiger partial charge in [0.05, 0.1) is 29.4 Å². The van der Waals surface area contributed by atoms with Gasteiger partial charge in [-0.3, -0.25) is 4.79 Å². The molecule has 1 aliphatic rings. The average molecular weight is 479 g/mol. The molecule has 12 heteroatoms. The van der Waals surface area contributed by atoms with Crippen molar-refractivity contribution in [2.45, 2.75) is 6.18 Å². The predicted molar refractivity (Wildman–Crippen MR) is 121 cm³/mol. The fourth-order valence-electron chi connectivity index (χ4n) is 3.31. The number of nitrogens with zero attached hydrogens (tertiary/aromatic N) is 3. The summed E-state index contributed by atoms with van der Waals surface area (Å²) in [7, 11) is 1.39. The maximum atomic E-state index is 13.9. The number of nitrogens with one attached hydrogen (secondary N) is 3. The van der Waals surface area contributed by atoms with Crippen LogP contribution in [0.4, 0.5) is 36.3 Å². The molecule has 174 valence electrons. The van der Waals surface area contributed by atoms with Crippen LogP contribution in [0.15, 0.2) is 41.9 Å². The van der Waals surface area contributed by atoms with Crippen LogP contribution in [0.1, 0.15) is 15.2 Å². The number of halogens is 3. The van der Waals surface area contributed by atoms with Gasteiger partial charge in [0.2, 0.25) is 5.95 Å². The van der Waals surface area contributed by atoms with E-state index in [1.807, 2.05) is 4.90 Å². The van der Waals surface area contributed by atoms with Crippen LogP contribution >= 0.6 is 11.3 Å². The number of methoxy groups -OCH3 is 1. The fraction of sp³-hybridized carbons (Fsp3) is 0.286. The minimum atomic E-state index is -4.67. The number of anilines is 4. The van der Waals surface area contributed by atoms with Crippen LogP contribution in [-0.4, -0.2) is 49.2 Å². The number of aromatic nitrogens is 2. The summed E-state index contributed by atoms with van der Waals surface area (Å²) in [5.74, 6) is 0.240. The average Bonchev–Trinajstić information content (AvgIpc) is 3.35. The van der Waals surface area contributed by atoms with E-state index in [0.29, 0.717) is 23.9 Å². The lowest BCUT2D eigenvalue weighted by Crippen LogP contribution is -2.44. The third-order valence-corrected chi connectivity index (χ3v) is 5.81. The van der Waals surface area contributed by atoms with E-state index in [4.69, 9.17) is 4.74 Å². The summed E-state index contributed by atoms with van der Waals surface area (Å²) in [6.07, 6.45) is -3.25. The van der Waals surface area contributed by atoms with Crippen molar-refractivity contribution in [2.75, 3.05) is 48.8 Å². The normalized spacial score (nSPS) is 14.1. The van der Waals surface area contributed by atoms with Crippen molar-refractivity contribution in [3.05, 3.63) is 52.3 Å². The first-order valence-electron chi connectivity index (χ1n) is 10.0. The first-order valence-corrected chi connectivity index (χ1v) is 10.9. The molecule has 0 spiro atoms. The van der Waals surface area contributed by atoms with E-state index >= 15 is 0 Å². The lowest BCUT2D eigenvalue weighted by Gasteiger charge is -2.27. The Morgan fingerprint density at radius 1 is 1.24 bits per heavy atom. The zero-order valence-electron chi connectivity index (χ0n) is 17.6. The topological polar surface area (TPSA) is 91.4 Å². The van der Waals surface area contributed by atoms with E-state index in [-0.39, 0.29) is 22.9 Å². The molecule has 0 radical (unpaired) electrons. The van der Waals surface area contributed by atoms with E-state index in [0.717, 1.165) is 19.2 Å². The van der Waals surface area contributed by atoms with Gasteiger partial charge in [-0.2, -0.15) is 18.2 Å². The molecule has 3 heterocycles. The first-order chi connectivity index (χ1) is 15.8. The molecular formula is C21H21F3N6O2S. The smallest absolute Gasteiger partial charge is 0.418 e. The number of ether oxygens (including phenoxy) is 1. The van der Waals surface area contributed by atoms with Gasteiger partial charge in [0.15, 0.2) is 11.6 Å². The summed E-state index contributed by atoms with van der Waals surface area (Å²) in [6, 6.07) is 6.82. The van der Waals surface area contributed by atoms with Crippen LogP contribution in [0.2, 0.25) is 0 Å². The number of hydrogen-bond acceptors (Lipinski definition) is 8. The first kappa shape index (κ1) is 22.8. The quantitative estimate of drug-likeness (QED) is 0.494. The monoisotopic (exact) mass is 478 g/mol. The van der Waals surface area contributed by atoms with Gasteiger partial charge in [-0.05, 0) is 29.6 Å². The van der Waals surface area contributed by atoms with Gasteiger partial charge in [0, 0.05) is 31.9 Å². The second kappa shape index (κ2) is 9.63. The molecule has 33 heavy (non-hydrogen) atoms. The van der Waals surface area contributed by atoms with E-state index < -0.39 is 17.6 Å². The summed E-state index contributed by atoms with van der Waals surface area (Å²) in [4.78, 5) is 23.3. The number of carbonyl (C=O) groups is 1. The lowest BCUT2D eigenvalue weighted by molar-refractivity contribution is -0.136. The van der Waals surface area contributed by atoms with Crippen LogP contribution in [0.3, 0.4) is 0 Å². The maximum Gasteiger partial charge on any atom is 0.418 e. The molecule has 4 rings (SSSR count). The highest BCUT2D eigenvalue weighted by Crippen LogP contribution is 2.39. The number of amides is 1. The Labute approximate surface area is 191 Å². The Kier molecular flexibility index (Phi) is 6.65. The molecule has 3 aromatic rings. The van der Waals surface area contributed by atoms with E-state index in [9.17, 15) is 18.0 Å². The highest BCUT2D eigenvalue weighted by atomic mass is 32.1. The van der Waals surface area contributed by atoms with Gasteiger partial charge in [-0.25, -0.2) is 4.98 Å². The van der Waals surface area contributed by atoms with Crippen LogP contribution < -0.4 is 25.6 Å². The zero-order valence-corrected chi connectivity index (χ0v) is 18.4. The molecule has 0 bridgehead atoms. The molecule has 1 aromatic carbocycles. The molecule has 1 fully saturated rings. The summed E-state index contributed by atoms with van der Waals surface area (Å²) < 4.78 is 46.8. The van der Waals surface area contributed by atoms with E-state index in [2.05, 4.69) is 25.9 Å². The van der Waals surface area contributed by atoms with Crippen molar-refractivity contribution in [3.63, 3.8) is 0 Å². The number of carbonyl (C=O) groups excluding carboxylic acids is 1. The van der Waals surface area contributed by atoms with Gasteiger partial charge in [-0.15, -0.1) is 11.3 Å². The highest BCUT2D eigenvalue weighted by Gasteiger charge is 2.34. The number of benzene rings is 1. The molecular weight excluding hydrogens is 457 g/mol. The van der Waals surface area contributed by atoms with Crippen molar-refractivity contribution < 1.29 is 22.7 Å². The zero-order chi connectivity index (χ0) is 23.4. The van der Waals surface area contributed by atoms with Crippen molar-refractivity contribution in [2.24, 2.45) is 0 Å². The second-order valence-corrected chi connectivity index (χ2v) is 8.09. The SMILES string of the molecule is COc1cnc(N2CCNCC2)nc1Nc1ccc(NC(=O)c2cccs2)cc1C(F)(F)F. The molecule has 0 unspecified atom stereocenters. The molecule has 2 aromatic heterocycles. The van der Waals surface area contributed by atoms with Gasteiger partial charge >= 0.3 is 6.18 Å². The van der Waals surface area contributed by atoms with Crippen molar-refractivity contribution in [3.8, 4) is 5.75 Å². The Morgan fingerprint density at radius 2 is 2.03 bits per heavy atom. The molecule has 1 amide bonds. The Hall–Kier alpha value is -3.38. The number of piperazine rings is 1. The van der Waals surface area contributed by atoms with Crippen LogP contribution in [0.25, 0.3) is 0 Å². The summed E-state index contributed by atoms with van der Waals surface area (Å²) in [5, 5.41) is 10.2. The van der Waals surface area contributed by atoms with Crippen molar-refractivity contribution in [1.29, 1.82) is 0 Å². The van der Waals surface area contributed by atoms with Gasteiger partial charge in [0.25, 0.3) is 5.91 Å². The molecule has 3 N–H and O–H groups in total. The van der Waals surface area contributed by atoms with Crippen molar-refractivity contribution >= 4 is 40.4 Å². The maximum absolute atomic E-state index is 13.9. The number of thiophene rings is 1. The Balaban J connectivity index is 1.63. The summed E-state index contributed by atoms with van der Waals surface area (Å²) >= 11 is 1.20. The molecule has 0 aliphatic carbocycles. The largest absolute Gasteiger partial charge is 0.491 e. The van der Waals surface area contributed by atoms with E-state index in [1.165, 1.54) is 36.8 Å². The molecule has 1 aliphatic heterocycles. The number of rotatable bonds is 6. The summed E-state index contributed by atoms with van der Waals surface area (Å²) in [5.41, 5.74) is -1.14. The fourth-order valence-corrected chi connectivity index (χ4v) is 3.93. The summed E-state index contributed by atoms with van der Waals surface area (Å²) in [6.45, 7) is 2.88. The Morgan fingerprint density at radius 3 is 2.70 bits per heavy atom. The van der Waals surface area contributed by atoms with Crippen LogP contribution in [0, 0.1) is 0 Å². The molecule has 0 atom stereocenters. The van der Waals surface area contributed by atoms with Gasteiger partial charge in [0.1, 0.15) is 0 Å². The lowest BCUT2D eigenvalue weighted by atomic mass is 10.1. The van der Waals surface area contributed by atoms with E-state index in [1.54, 1.807) is 17.5 Å². The number of hydrogen-bond donors (Lipinski definition) is 3. The molecule has 8 nitrogen and oxygen atoms in total. The standard InChI is InChI=1S/C21H21F3N6O2S/c1-32-16-12-26-20(30-8-6-25-7-9-30)29-18(16)28-15-5-4-13(11-14(15)21(22,23)24)27-19(31)17-3-2-10-33-17/h2-5,10-12,25H,6-9H2,1H3,(H,27,31)(H,26,28,29). The third kappa shape index (κ3) is 5.34. The van der Waals surface area contributed by atoms with Crippen LogP contribution in [-0.2, 0) is 6.18 Å². The molecule has 1 saturated heterocycles. The Bertz CT molecular complexity index is 1120. The second-order valence-electron chi connectivity index (χ2n) is 7.14.